The average Bonchev–Trinajstić information content (AvgIpc) is 2.51. The second-order valence-electron chi connectivity index (χ2n) is 5.16. The molecule has 0 aliphatic rings. The molecule has 120 valence electrons. The summed E-state index contributed by atoms with van der Waals surface area (Å²) in [6, 6.07) is 13.2. The minimum absolute atomic E-state index is 0.351. The van der Waals surface area contributed by atoms with Crippen molar-refractivity contribution >= 4 is 17.6 Å². The highest BCUT2D eigenvalue weighted by atomic mass is 16.5. The van der Waals surface area contributed by atoms with Gasteiger partial charge in [-0.3, -0.25) is 4.79 Å². The molecule has 6 heteroatoms. The predicted molar refractivity (Wildman–Crippen MR) is 88.5 cm³/mol. The van der Waals surface area contributed by atoms with E-state index in [4.69, 9.17) is 10.5 Å². The van der Waals surface area contributed by atoms with Crippen molar-refractivity contribution in [2.45, 2.75) is 19.9 Å². The zero-order valence-corrected chi connectivity index (χ0v) is 13.0. The van der Waals surface area contributed by atoms with Crippen LogP contribution in [0.25, 0.3) is 0 Å². The molecule has 0 heterocycles. The Balaban J connectivity index is 1.95. The minimum Gasteiger partial charge on any atom is -0.457 e. The number of nitrogens with one attached hydrogen (secondary N) is 2. The topological polar surface area (TPSA) is 93.4 Å². The van der Waals surface area contributed by atoms with E-state index in [0.29, 0.717) is 11.4 Å². The molecule has 1 unspecified atom stereocenters. The van der Waals surface area contributed by atoms with Gasteiger partial charge in [-0.05, 0) is 50.2 Å². The van der Waals surface area contributed by atoms with Gasteiger partial charge in [-0.15, -0.1) is 0 Å². The lowest BCUT2D eigenvalue weighted by Gasteiger charge is -2.13. The third-order valence-corrected chi connectivity index (χ3v) is 3.13. The van der Waals surface area contributed by atoms with Crippen LogP contribution in [0.4, 0.5) is 10.5 Å². The van der Waals surface area contributed by atoms with Crippen molar-refractivity contribution in [3.05, 3.63) is 54.1 Å². The molecule has 23 heavy (non-hydrogen) atoms. The van der Waals surface area contributed by atoms with Crippen molar-refractivity contribution in [1.82, 2.24) is 5.32 Å². The van der Waals surface area contributed by atoms with Gasteiger partial charge in [0.05, 0.1) is 0 Å². The highest BCUT2D eigenvalue weighted by molar-refractivity contribution is 5.96. The maximum atomic E-state index is 11.8. The van der Waals surface area contributed by atoms with E-state index in [2.05, 4.69) is 10.6 Å². The Labute approximate surface area is 134 Å². The van der Waals surface area contributed by atoms with Crippen LogP contribution in [-0.4, -0.2) is 18.0 Å². The number of nitrogens with two attached hydrogens (primary N) is 1. The molecule has 0 saturated carbocycles. The van der Waals surface area contributed by atoms with E-state index in [0.717, 1.165) is 11.3 Å². The number of hydrogen-bond acceptors (Lipinski definition) is 3. The average molecular weight is 313 g/mol. The molecule has 0 bridgehead atoms. The first-order valence-corrected chi connectivity index (χ1v) is 7.15. The molecule has 0 aliphatic carbocycles. The first-order valence-electron chi connectivity index (χ1n) is 7.15. The van der Waals surface area contributed by atoms with Gasteiger partial charge >= 0.3 is 6.03 Å². The molecule has 4 N–H and O–H groups in total. The van der Waals surface area contributed by atoms with Gasteiger partial charge in [-0.25, -0.2) is 4.79 Å². The predicted octanol–water partition coefficient (Wildman–Crippen LogP) is 2.78. The van der Waals surface area contributed by atoms with Gasteiger partial charge in [0.1, 0.15) is 17.5 Å². The second-order valence-corrected chi connectivity index (χ2v) is 5.16. The Morgan fingerprint density at radius 3 is 2.04 bits per heavy atom. The van der Waals surface area contributed by atoms with Gasteiger partial charge in [-0.2, -0.15) is 0 Å². The highest BCUT2D eigenvalue weighted by Gasteiger charge is 2.13. The Hall–Kier alpha value is -3.02. The minimum atomic E-state index is -0.741. The van der Waals surface area contributed by atoms with Crippen LogP contribution in [0.5, 0.6) is 11.5 Å². The summed E-state index contributed by atoms with van der Waals surface area (Å²) in [5, 5.41) is 4.99. The molecule has 2 rings (SSSR count). The van der Waals surface area contributed by atoms with E-state index in [1.54, 1.807) is 31.2 Å². The van der Waals surface area contributed by atoms with E-state index in [1.807, 2.05) is 31.2 Å². The van der Waals surface area contributed by atoms with E-state index in [1.165, 1.54) is 0 Å². The molecule has 0 radical (unpaired) electrons. The lowest BCUT2D eigenvalue weighted by molar-refractivity contribution is -0.117. The lowest BCUT2D eigenvalue weighted by atomic mass is 10.2. The molecule has 0 spiro atoms. The van der Waals surface area contributed by atoms with E-state index >= 15 is 0 Å². The van der Waals surface area contributed by atoms with Crippen LogP contribution >= 0.6 is 0 Å². The summed E-state index contributed by atoms with van der Waals surface area (Å²) in [4.78, 5) is 22.6. The number of ether oxygens (including phenoxy) is 1. The lowest BCUT2D eigenvalue weighted by Crippen LogP contribution is -2.44. The summed E-state index contributed by atoms with van der Waals surface area (Å²) in [5.41, 5.74) is 6.74. The summed E-state index contributed by atoms with van der Waals surface area (Å²) in [6.07, 6.45) is 0. The van der Waals surface area contributed by atoms with Crippen molar-refractivity contribution < 1.29 is 14.3 Å². The first kappa shape index (κ1) is 16.4. The fourth-order valence-electron chi connectivity index (χ4n) is 1.88. The van der Waals surface area contributed by atoms with Gasteiger partial charge in [-0.1, -0.05) is 17.7 Å². The number of hydrogen-bond donors (Lipinski definition) is 3. The number of aryl methyl sites for hydroxylation is 1. The van der Waals surface area contributed by atoms with Crippen LogP contribution in [0.15, 0.2) is 48.5 Å². The van der Waals surface area contributed by atoms with Crippen molar-refractivity contribution in [2.24, 2.45) is 5.73 Å². The Morgan fingerprint density at radius 2 is 1.52 bits per heavy atom. The summed E-state index contributed by atoms with van der Waals surface area (Å²) in [7, 11) is 0. The number of amides is 3. The first-order chi connectivity index (χ1) is 10.9. The van der Waals surface area contributed by atoms with Crippen molar-refractivity contribution in [3.63, 3.8) is 0 Å². The molecule has 0 fully saturated rings. The summed E-state index contributed by atoms with van der Waals surface area (Å²) >= 11 is 0. The van der Waals surface area contributed by atoms with Gasteiger partial charge in [0.2, 0.25) is 5.91 Å². The molecule has 0 aromatic heterocycles. The molecule has 2 aromatic rings. The smallest absolute Gasteiger partial charge is 0.312 e. The third kappa shape index (κ3) is 5.03. The monoisotopic (exact) mass is 313 g/mol. The Bertz CT molecular complexity index is 681. The molecule has 0 aliphatic heterocycles. The van der Waals surface area contributed by atoms with Crippen LogP contribution in [0.2, 0.25) is 0 Å². The Kier molecular flexibility index (Phi) is 5.19. The zero-order valence-electron chi connectivity index (χ0n) is 13.0. The van der Waals surface area contributed by atoms with Gasteiger partial charge in [0.15, 0.2) is 0 Å². The third-order valence-electron chi connectivity index (χ3n) is 3.13. The molecule has 6 nitrogen and oxygen atoms in total. The number of rotatable bonds is 5. The van der Waals surface area contributed by atoms with Gasteiger partial charge in [0.25, 0.3) is 0 Å². The molecular weight excluding hydrogens is 294 g/mol. The normalized spacial score (nSPS) is 11.4. The van der Waals surface area contributed by atoms with E-state index < -0.39 is 12.1 Å². The summed E-state index contributed by atoms with van der Waals surface area (Å²) < 4.78 is 5.71. The fourth-order valence-corrected chi connectivity index (χ4v) is 1.88. The fraction of sp³-hybridized carbons (Fsp3) is 0.176. The molecule has 0 saturated heterocycles. The highest BCUT2D eigenvalue weighted by Crippen LogP contribution is 2.23. The molecule has 3 amide bonds. The van der Waals surface area contributed by atoms with Crippen molar-refractivity contribution in [3.8, 4) is 11.5 Å². The second kappa shape index (κ2) is 7.31. The van der Waals surface area contributed by atoms with Gasteiger partial charge < -0.3 is 21.1 Å². The number of carbonyl (C=O) groups excluding carboxylic acids is 2. The van der Waals surface area contributed by atoms with Crippen molar-refractivity contribution in [2.75, 3.05) is 5.32 Å². The van der Waals surface area contributed by atoms with Gasteiger partial charge in [0, 0.05) is 5.69 Å². The van der Waals surface area contributed by atoms with Crippen molar-refractivity contribution in [1.29, 1.82) is 0 Å². The number of benzene rings is 2. The van der Waals surface area contributed by atoms with Crippen LogP contribution in [0, 0.1) is 6.92 Å². The molecule has 2 aromatic carbocycles. The maximum Gasteiger partial charge on any atom is 0.312 e. The number of carbonyl (C=O) groups is 2. The van der Waals surface area contributed by atoms with E-state index in [9.17, 15) is 9.59 Å². The maximum absolute atomic E-state index is 11.8. The molecule has 1 atom stereocenters. The quantitative estimate of drug-likeness (QED) is 0.792. The largest absolute Gasteiger partial charge is 0.457 e. The SMILES string of the molecule is Cc1ccc(Oc2ccc(NC(=O)C(C)NC(N)=O)cc2)cc1. The zero-order chi connectivity index (χ0) is 16.8. The van der Waals surface area contributed by atoms with Crippen LogP contribution < -0.4 is 21.1 Å². The van der Waals surface area contributed by atoms with E-state index in [-0.39, 0.29) is 5.91 Å². The number of anilines is 1. The Morgan fingerprint density at radius 1 is 1.00 bits per heavy atom. The number of primary amides is 1. The molecular formula is C17H19N3O3. The van der Waals surface area contributed by atoms with Crippen LogP contribution in [0.1, 0.15) is 12.5 Å². The summed E-state index contributed by atoms with van der Waals surface area (Å²) in [5.74, 6) is 1.05. The number of urea groups is 1. The van der Waals surface area contributed by atoms with Crippen LogP contribution in [-0.2, 0) is 4.79 Å². The van der Waals surface area contributed by atoms with Crippen LogP contribution in [0.3, 0.4) is 0 Å². The standard InChI is InChI=1S/C17H19N3O3/c1-11-3-7-14(8-4-11)23-15-9-5-13(6-10-15)20-16(21)12(2)19-17(18)22/h3-10,12H,1-2H3,(H,20,21)(H3,18,19,22). The summed E-state index contributed by atoms with van der Waals surface area (Å²) in [6.45, 7) is 3.56.